The van der Waals surface area contributed by atoms with Crippen LogP contribution in [0.25, 0.3) is 17.4 Å². The highest BCUT2D eigenvalue weighted by atomic mass is 32.2. The number of aliphatic imine (C=N–C) groups is 1. The average Bonchev–Trinajstić information content (AvgIpc) is 3.06. The number of hydrogen-bond donors (Lipinski definition) is 1. The summed E-state index contributed by atoms with van der Waals surface area (Å²) in [4.78, 5) is 25.9. The monoisotopic (exact) mass is 329 g/mol. The number of nitrogens with zero attached hydrogens (tertiary/aromatic N) is 2. The van der Waals surface area contributed by atoms with Crippen molar-refractivity contribution in [1.29, 1.82) is 0 Å². The van der Waals surface area contributed by atoms with E-state index in [1.807, 2.05) is 0 Å². The lowest BCUT2D eigenvalue weighted by Crippen LogP contribution is -2.01. The highest BCUT2D eigenvalue weighted by Crippen LogP contribution is 2.31. The maximum absolute atomic E-state index is 11.6. The Hall–Kier alpha value is -2.87. The number of amidine groups is 1. The first kappa shape index (κ1) is 15.0. The van der Waals surface area contributed by atoms with Gasteiger partial charge in [0.05, 0.1) is 9.83 Å². The van der Waals surface area contributed by atoms with Gasteiger partial charge in [-0.3, -0.25) is 14.9 Å². The van der Waals surface area contributed by atoms with Crippen molar-refractivity contribution in [2.45, 2.75) is 6.92 Å². The Labute approximate surface area is 135 Å². The molecule has 0 saturated carbocycles. The van der Waals surface area contributed by atoms with Crippen LogP contribution >= 0.6 is 11.8 Å². The molecule has 0 saturated heterocycles. The Morgan fingerprint density at radius 3 is 2.74 bits per heavy atom. The van der Waals surface area contributed by atoms with Gasteiger partial charge < -0.3 is 10.2 Å². The number of rotatable bonds is 3. The average molecular weight is 329 g/mol. The first-order valence-corrected chi connectivity index (χ1v) is 7.39. The van der Waals surface area contributed by atoms with Crippen molar-refractivity contribution < 1.29 is 14.1 Å². The highest BCUT2D eigenvalue weighted by molar-refractivity contribution is 8.18. The maximum Gasteiger partial charge on any atom is 0.286 e. The molecule has 2 heterocycles. The summed E-state index contributed by atoms with van der Waals surface area (Å²) in [7, 11) is 0. The van der Waals surface area contributed by atoms with E-state index >= 15 is 0 Å². The van der Waals surface area contributed by atoms with E-state index in [9.17, 15) is 14.9 Å². The second-order valence-corrected chi connectivity index (χ2v) is 5.89. The molecule has 0 fully saturated rings. The van der Waals surface area contributed by atoms with Crippen molar-refractivity contribution in [2.75, 3.05) is 0 Å². The Morgan fingerprint density at radius 2 is 2.13 bits per heavy atom. The lowest BCUT2D eigenvalue weighted by Gasteiger charge is -2.02. The molecular formula is C15H11N3O4S. The third kappa shape index (κ3) is 3.02. The van der Waals surface area contributed by atoms with E-state index in [4.69, 9.17) is 10.2 Å². The summed E-state index contributed by atoms with van der Waals surface area (Å²) in [5.41, 5.74) is 7.00. The first-order valence-electron chi connectivity index (χ1n) is 6.57. The quantitative estimate of drug-likeness (QED) is 0.526. The number of aryl methyl sites for hydroxylation is 1. The van der Waals surface area contributed by atoms with Crippen molar-refractivity contribution in [2.24, 2.45) is 10.7 Å². The fourth-order valence-electron chi connectivity index (χ4n) is 2.17. The molecule has 8 heteroatoms. The van der Waals surface area contributed by atoms with Crippen LogP contribution < -0.4 is 5.73 Å². The number of non-ortho nitro benzene ring substituents is 1. The van der Waals surface area contributed by atoms with Crippen LogP contribution in [-0.4, -0.2) is 16.0 Å². The fourth-order valence-corrected chi connectivity index (χ4v) is 2.83. The van der Waals surface area contributed by atoms with Crippen LogP contribution in [0.1, 0.15) is 11.3 Å². The minimum Gasteiger partial charge on any atom is -0.457 e. The number of nitrogens with two attached hydrogens (primary N) is 1. The second-order valence-electron chi connectivity index (χ2n) is 4.82. The van der Waals surface area contributed by atoms with Crippen LogP contribution in [0.5, 0.6) is 0 Å². The third-order valence-electron chi connectivity index (χ3n) is 3.22. The molecule has 0 aliphatic carbocycles. The van der Waals surface area contributed by atoms with Crippen molar-refractivity contribution in [1.82, 2.24) is 0 Å². The molecule has 3 rings (SSSR count). The molecule has 1 aliphatic heterocycles. The van der Waals surface area contributed by atoms with E-state index < -0.39 is 10.8 Å². The largest absolute Gasteiger partial charge is 0.457 e. The van der Waals surface area contributed by atoms with E-state index in [1.165, 1.54) is 12.1 Å². The number of carbonyl (C=O) groups excluding carboxylic acids is 1. The van der Waals surface area contributed by atoms with Crippen LogP contribution in [0, 0.1) is 17.0 Å². The summed E-state index contributed by atoms with van der Waals surface area (Å²) in [6.45, 7) is 1.77. The number of nitro groups is 1. The van der Waals surface area contributed by atoms with Gasteiger partial charge >= 0.3 is 0 Å². The van der Waals surface area contributed by atoms with Crippen molar-refractivity contribution in [3.8, 4) is 11.3 Å². The third-order valence-corrected chi connectivity index (χ3v) is 4.04. The van der Waals surface area contributed by atoms with Gasteiger partial charge in [0.1, 0.15) is 11.5 Å². The smallest absolute Gasteiger partial charge is 0.286 e. The standard InChI is InChI=1S/C15H11N3O4S/c1-8-6-9(18(20)21)2-4-11(8)12-5-3-10(22-12)7-13-14(19)17-15(16)23-13/h2-7H,1H3,(H2,16,17,19). The highest BCUT2D eigenvalue weighted by Gasteiger charge is 2.20. The number of thioether (sulfide) groups is 1. The number of hydrogen-bond acceptors (Lipinski definition) is 6. The van der Waals surface area contributed by atoms with E-state index in [0.717, 1.165) is 22.9 Å². The predicted octanol–water partition coefficient (Wildman–Crippen LogP) is 3.09. The molecule has 0 unspecified atom stereocenters. The Bertz CT molecular complexity index is 883. The van der Waals surface area contributed by atoms with E-state index in [2.05, 4.69) is 4.99 Å². The van der Waals surface area contributed by atoms with Crippen molar-refractivity contribution in [3.63, 3.8) is 0 Å². The van der Waals surface area contributed by atoms with Crippen molar-refractivity contribution >= 4 is 34.6 Å². The molecule has 0 radical (unpaired) electrons. The van der Waals surface area contributed by atoms with Crippen LogP contribution in [0.4, 0.5) is 5.69 Å². The summed E-state index contributed by atoms with van der Waals surface area (Å²) >= 11 is 1.09. The lowest BCUT2D eigenvalue weighted by atomic mass is 10.1. The molecule has 2 N–H and O–H groups in total. The van der Waals surface area contributed by atoms with Crippen LogP contribution in [0.2, 0.25) is 0 Å². The number of furan rings is 1. The summed E-state index contributed by atoms with van der Waals surface area (Å²) in [5, 5.41) is 11.0. The molecule has 116 valence electrons. The number of carbonyl (C=O) groups is 1. The van der Waals surface area contributed by atoms with Crippen molar-refractivity contribution in [3.05, 3.63) is 56.7 Å². The van der Waals surface area contributed by atoms with Gasteiger partial charge in [0, 0.05) is 23.8 Å². The van der Waals surface area contributed by atoms with E-state index in [-0.39, 0.29) is 10.9 Å². The zero-order valence-electron chi connectivity index (χ0n) is 12.0. The Kier molecular flexibility index (Phi) is 3.75. The summed E-state index contributed by atoms with van der Waals surface area (Å²) < 4.78 is 5.69. The molecule has 7 nitrogen and oxygen atoms in total. The number of amides is 1. The van der Waals surface area contributed by atoms with Gasteiger partial charge in [-0.25, -0.2) is 0 Å². The summed E-state index contributed by atoms with van der Waals surface area (Å²) in [6.07, 6.45) is 1.57. The summed E-state index contributed by atoms with van der Waals surface area (Å²) in [5.74, 6) is 0.657. The van der Waals surface area contributed by atoms with Crippen LogP contribution in [0.15, 0.2) is 44.6 Å². The predicted molar refractivity (Wildman–Crippen MR) is 87.7 cm³/mol. The van der Waals surface area contributed by atoms with E-state index in [1.54, 1.807) is 31.2 Å². The van der Waals surface area contributed by atoms with Gasteiger partial charge in [0.2, 0.25) is 0 Å². The minimum absolute atomic E-state index is 0.0284. The molecule has 0 spiro atoms. The van der Waals surface area contributed by atoms with Crippen LogP contribution in [0.3, 0.4) is 0 Å². The van der Waals surface area contributed by atoms with Gasteiger partial charge in [0.25, 0.3) is 11.6 Å². The van der Waals surface area contributed by atoms with Gasteiger partial charge in [-0.15, -0.1) is 0 Å². The topological polar surface area (TPSA) is 112 Å². The first-order chi connectivity index (χ1) is 10.9. The van der Waals surface area contributed by atoms with Gasteiger partial charge in [-0.2, -0.15) is 4.99 Å². The molecule has 1 aliphatic rings. The normalized spacial score (nSPS) is 16.0. The number of benzene rings is 1. The second kappa shape index (κ2) is 5.73. The Balaban J connectivity index is 1.90. The van der Waals surface area contributed by atoms with Gasteiger partial charge in [-0.1, -0.05) is 0 Å². The van der Waals surface area contributed by atoms with Gasteiger partial charge in [-0.05, 0) is 42.4 Å². The molecule has 2 aromatic rings. The molecule has 0 atom stereocenters. The molecular weight excluding hydrogens is 318 g/mol. The van der Waals surface area contributed by atoms with E-state index in [0.29, 0.717) is 16.4 Å². The lowest BCUT2D eigenvalue weighted by molar-refractivity contribution is -0.384. The zero-order chi connectivity index (χ0) is 16.6. The molecule has 1 aromatic carbocycles. The summed E-state index contributed by atoms with van der Waals surface area (Å²) in [6, 6.07) is 8.01. The fraction of sp³-hybridized carbons (Fsp3) is 0.0667. The Morgan fingerprint density at radius 1 is 1.35 bits per heavy atom. The SMILES string of the molecule is Cc1cc([N+](=O)[O-])ccc1-c1ccc(C=C2SC(N)=NC2=O)o1. The van der Waals surface area contributed by atoms with Crippen LogP contribution in [-0.2, 0) is 4.79 Å². The zero-order valence-corrected chi connectivity index (χ0v) is 12.8. The van der Waals surface area contributed by atoms with Gasteiger partial charge in [0.15, 0.2) is 5.17 Å². The molecule has 1 amide bonds. The maximum atomic E-state index is 11.6. The molecule has 1 aromatic heterocycles. The molecule has 0 bridgehead atoms. The minimum atomic E-state index is -0.442. The molecule has 23 heavy (non-hydrogen) atoms. The number of nitro benzene ring substituents is 1.